The van der Waals surface area contributed by atoms with Crippen LogP contribution in [0, 0.1) is 0 Å². The van der Waals surface area contributed by atoms with Crippen molar-refractivity contribution in [3.8, 4) is 11.5 Å². The highest BCUT2D eigenvalue weighted by Crippen LogP contribution is 2.28. The maximum Gasteiger partial charge on any atom is 0.272 e. The van der Waals surface area contributed by atoms with Crippen LogP contribution in [0.5, 0.6) is 11.5 Å². The lowest BCUT2D eigenvalue weighted by molar-refractivity contribution is 0.0954. The van der Waals surface area contributed by atoms with E-state index in [4.69, 9.17) is 14.6 Å². The second-order valence-corrected chi connectivity index (χ2v) is 8.71. The van der Waals surface area contributed by atoms with E-state index in [-0.39, 0.29) is 5.91 Å². The monoisotopic (exact) mass is 517 g/mol. The Bertz CT molecular complexity index is 1510. The van der Waals surface area contributed by atoms with Crippen LogP contribution in [0.2, 0.25) is 0 Å². The van der Waals surface area contributed by atoms with Gasteiger partial charge in [-0.25, -0.2) is 5.43 Å². The molecule has 1 aromatic heterocycles. The third kappa shape index (κ3) is 6.19. The summed E-state index contributed by atoms with van der Waals surface area (Å²) in [7, 11) is 3.31. The lowest BCUT2D eigenvalue weighted by atomic mass is 10.0. The number of amides is 1. The standard InChI is InChI=1S/C31H27N5O3/c1-38-28-13-7-22(8-14-28)18-26-21-36(35-30(26)24-9-15-29(39-2)16-10-24)27-11-5-23(6-12-27)19-33-34-31(37)25-4-3-17-32-20-25/h3-20H,21H2,1-2H3,(H,34,37). The van der Waals surface area contributed by atoms with Crippen LogP contribution >= 0.6 is 0 Å². The Labute approximate surface area is 226 Å². The molecular weight excluding hydrogens is 490 g/mol. The molecule has 1 aliphatic heterocycles. The molecule has 4 aromatic rings. The lowest BCUT2D eigenvalue weighted by Crippen LogP contribution is -2.17. The summed E-state index contributed by atoms with van der Waals surface area (Å²) in [6.45, 7) is 0.613. The third-order valence-electron chi connectivity index (χ3n) is 6.16. The fourth-order valence-corrected chi connectivity index (χ4v) is 4.07. The van der Waals surface area contributed by atoms with Gasteiger partial charge in [0.2, 0.25) is 0 Å². The zero-order chi connectivity index (χ0) is 27.0. The second-order valence-electron chi connectivity index (χ2n) is 8.71. The molecule has 0 saturated heterocycles. The summed E-state index contributed by atoms with van der Waals surface area (Å²) >= 11 is 0. The van der Waals surface area contributed by atoms with Gasteiger partial charge in [-0.15, -0.1) is 0 Å². The summed E-state index contributed by atoms with van der Waals surface area (Å²) in [5.41, 5.74) is 8.81. The quantitative estimate of drug-likeness (QED) is 0.257. The van der Waals surface area contributed by atoms with Crippen LogP contribution in [-0.2, 0) is 0 Å². The molecule has 0 radical (unpaired) electrons. The zero-order valence-electron chi connectivity index (χ0n) is 21.6. The summed E-state index contributed by atoms with van der Waals surface area (Å²) in [5, 5.41) is 11.0. The van der Waals surface area contributed by atoms with Crippen LogP contribution in [0.15, 0.2) is 113 Å². The van der Waals surface area contributed by atoms with E-state index in [1.165, 1.54) is 6.20 Å². The van der Waals surface area contributed by atoms with Crippen LogP contribution in [0.3, 0.4) is 0 Å². The topological polar surface area (TPSA) is 88.4 Å². The van der Waals surface area contributed by atoms with E-state index < -0.39 is 0 Å². The summed E-state index contributed by atoms with van der Waals surface area (Å²) < 4.78 is 10.6. The van der Waals surface area contributed by atoms with Crippen molar-refractivity contribution >= 4 is 29.6 Å². The average Bonchev–Trinajstić information content (AvgIpc) is 3.42. The van der Waals surface area contributed by atoms with Crippen molar-refractivity contribution < 1.29 is 14.3 Å². The molecule has 1 amide bonds. The normalized spacial score (nSPS) is 13.9. The van der Waals surface area contributed by atoms with E-state index in [0.717, 1.165) is 45.2 Å². The molecule has 1 aliphatic rings. The van der Waals surface area contributed by atoms with E-state index in [0.29, 0.717) is 12.1 Å². The van der Waals surface area contributed by atoms with Gasteiger partial charge in [0.15, 0.2) is 0 Å². The minimum Gasteiger partial charge on any atom is -0.497 e. The number of hydrogen-bond donors (Lipinski definition) is 1. The van der Waals surface area contributed by atoms with Gasteiger partial charge in [0.25, 0.3) is 5.91 Å². The SMILES string of the molecule is COc1ccc(C=C2CN(c3ccc(C=NNC(=O)c4cccnc4)cc3)N=C2c2ccc(OC)cc2)cc1. The van der Waals surface area contributed by atoms with Gasteiger partial charge >= 0.3 is 0 Å². The minimum absolute atomic E-state index is 0.315. The summed E-state index contributed by atoms with van der Waals surface area (Å²) in [6, 6.07) is 27.1. The minimum atomic E-state index is -0.315. The first-order chi connectivity index (χ1) is 19.1. The van der Waals surface area contributed by atoms with Crippen molar-refractivity contribution in [2.75, 3.05) is 25.8 Å². The molecule has 8 nitrogen and oxygen atoms in total. The molecule has 0 spiro atoms. The average molecular weight is 518 g/mol. The molecule has 5 rings (SSSR count). The third-order valence-corrected chi connectivity index (χ3v) is 6.16. The Balaban J connectivity index is 1.35. The van der Waals surface area contributed by atoms with Crippen LogP contribution in [0.25, 0.3) is 6.08 Å². The molecular formula is C31H27N5O3. The van der Waals surface area contributed by atoms with Crippen molar-refractivity contribution in [1.29, 1.82) is 0 Å². The fourth-order valence-electron chi connectivity index (χ4n) is 4.07. The van der Waals surface area contributed by atoms with E-state index in [1.54, 1.807) is 38.8 Å². The Hall–Kier alpha value is -5.24. The van der Waals surface area contributed by atoms with Crippen LogP contribution in [-0.4, -0.2) is 43.6 Å². The number of hydrogen-bond acceptors (Lipinski definition) is 7. The second kappa shape index (κ2) is 11.9. The highest BCUT2D eigenvalue weighted by Gasteiger charge is 2.23. The first kappa shape index (κ1) is 25.4. The molecule has 0 aliphatic carbocycles. The molecule has 194 valence electrons. The highest BCUT2D eigenvalue weighted by molar-refractivity contribution is 6.17. The van der Waals surface area contributed by atoms with Crippen molar-refractivity contribution in [3.05, 3.63) is 125 Å². The Morgan fingerprint density at radius 1 is 0.897 bits per heavy atom. The zero-order valence-corrected chi connectivity index (χ0v) is 21.6. The number of aromatic nitrogens is 1. The van der Waals surface area contributed by atoms with Gasteiger partial charge in [0, 0.05) is 23.5 Å². The Morgan fingerprint density at radius 3 is 2.21 bits per heavy atom. The van der Waals surface area contributed by atoms with Crippen LogP contribution in [0.1, 0.15) is 27.0 Å². The van der Waals surface area contributed by atoms with Gasteiger partial charge in [0.1, 0.15) is 11.5 Å². The smallest absolute Gasteiger partial charge is 0.272 e. The van der Waals surface area contributed by atoms with Gasteiger partial charge in [-0.1, -0.05) is 24.3 Å². The molecule has 39 heavy (non-hydrogen) atoms. The number of pyridine rings is 1. The Kier molecular flexibility index (Phi) is 7.73. The maximum absolute atomic E-state index is 12.1. The van der Waals surface area contributed by atoms with Crippen molar-refractivity contribution in [2.24, 2.45) is 10.2 Å². The summed E-state index contributed by atoms with van der Waals surface area (Å²) in [6.07, 6.45) is 6.86. The number of anilines is 1. The summed E-state index contributed by atoms with van der Waals surface area (Å²) in [5.74, 6) is 1.29. The van der Waals surface area contributed by atoms with Crippen molar-refractivity contribution in [3.63, 3.8) is 0 Å². The van der Waals surface area contributed by atoms with Gasteiger partial charge in [-0.3, -0.25) is 14.8 Å². The van der Waals surface area contributed by atoms with Crippen LogP contribution in [0.4, 0.5) is 5.69 Å². The molecule has 0 atom stereocenters. The number of carbonyl (C=O) groups excluding carboxylic acids is 1. The van der Waals surface area contributed by atoms with Crippen molar-refractivity contribution in [1.82, 2.24) is 10.4 Å². The number of carbonyl (C=O) groups is 1. The van der Waals surface area contributed by atoms with E-state index in [1.807, 2.05) is 77.8 Å². The molecule has 0 fully saturated rings. The lowest BCUT2D eigenvalue weighted by Gasteiger charge is -2.13. The van der Waals surface area contributed by atoms with Crippen molar-refractivity contribution in [2.45, 2.75) is 0 Å². The molecule has 0 saturated carbocycles. The Morgan fingerprint density at radius 2 is 1.56 bits per heavy atom. The number of benzene rings is 3. The highest BCUT2D eigenvalue weighted by atomic mass is 16.5. The molecule has 2 heterocycles. The van der Waals surface area contributed by atoms with E-state index >= 15 is 0 Å². The molecule has 8 heteroatoms. The predicted molar refractivity (Wildman–Crippen MR) is 154 cm³/mol. The van der Waals surface area contributed by atoms with Crippen LogP contribution < -0.4 is 19.9 Å². The predicted octanol–water partition coefficient (Wildman–Crippen LogP) is 5.17. The number of hydrazone groups is 2. The number of nitrogens with zero attached hydrogens (tertiary/aromatic N) is 4. The first-order valence-corrected chi connectivity index (χ1v) is 12.3. The van der Waals surface area contributed by atoms with E-state index in [2.05, 4.69) is 21.6 Å². The number of methoxy groups -OCH3 is 2. The van der Waals surface area contributed by atoms with Gasteiger partial charge in [-0.2, -0.15) is 10.2 Å². The van der Waals surface area contributed by atoms with E-state index in [9.17, 15) is 4.79 Å². The number of ether oxygens (including phenoxy) is 2. The molecule has 1 N–H and O–H groups in total. The number of rotatable bonds is 8. The summed E-state index contributed by atoms with van der Waals surface area (Å²) in [4.78, 5) is 16.1. The molecule has 0 unspecified atom stereocenters. The first-order valence-electron chi connectivity index (χ1n) is 12.3. The number of nitrogens with one attached hydrogen (secondary N) is 1. The maximum atomic E-state index is 12.1. The van der Waals surface area contributed by atoms with Gasteiger partial charge < -0.3 is 9.47 Å². The fraction of sp³-hybridized carbons (Fsp3) is 0.0968. The largest absolute Gasteiger partial charge is 0.497 e. The van der Waals surface area contributed by atoms with Gasteiger partial charge in [0.05, 0.1) is 43.9 Å². The molecule has 0 bridgehead atoms. The molecule has 3 aromatic carbocycles. The van der Waals surface area contributed by atoms with Gasteiger partial charge in [-0.05, 0) is 77.9 Å².